The number of hydrogen-bond acceptors (Lipinski definition) is 3. The van der Waals surface area contributed by atoms with E-state index in [2.05, 4.69) is 14.7 Å². The summed E-state index contributed by atoms with van der Waals surface area (Å²) in [7, 11) is 0. The van der Waals surface area contributed by atoms with Gasteiger partial charge >= 0.3 is 6.09 Å². The molecule has 0 unspecified atom stereocenters. The Morgan fingerprint density at radius 1 is 1.50 bits per heavy atom. The fourth-order valence-electron chi connectivity index (χ4n) is 0.757. The fraction of sp³-hybridized carbons (Fsp3) is 0.125. The zero-order valence-corrected chi connectivity index (χ0v) is 7.38. The molecule has 1 aromatic rings. The molecule has 74 valence electrons. The maximum atomic E-state index is 10.8. The molecule has 4 N–H and O–H groups in total. The Hall–Kier alpha value is -2.11. The Kier molecular flexibility index (Phi) is 3.42. The molecule has 0 fully saturated rings. The summed E-state index contributed by atoms with van der Waals surface area (Å²) in [6, 6.07) is 5.28. The van der Waals surface area contributed by atoms with Gasteiger partial charge in [0.1, 0.15) is 6.61 Å². The SMILES string of the molecule is NC(N)=NC(=O)OCc1ccccn1. The molecule has 0 atom stereocenters. The second kappa shape index (κ2) is 4.80. The fourth-order valence-corrected chi connectivity index (χ4v) is 0.757. The van der Waals surface area contributed by atoms with Crippen molar-refractivity contribution in [3.63, 3.8) is 0 Å². The predicted molar refractivity (Wildman–Crippen MR) is 50.2 cm³/mol. The minimum Gasteiger partial charge on any atom is -0.441 e. The Labute approximate surface area is 80.6 Å². The third kappa shape index (κ3) is 3.53. The molecule has 6 nitrogen and oxygen atoms in total. The zero-order chi connectivity index (χ0) is 10.4. The van der Waals surface area contributed by atoms with Crippen molar-refractivity contribution < 1.29 is 9.53 Å². The van der Waals surface area contributed by atoms with Crippen molar-refractivity contribution in [3.8, 4) is 0 Å². The Morgan fingerprint density at radius 3 is 2.86 bits per heavy atom. The van der Waals surface area contributed by atoms with Gasteiger partial charge in [0.05, 0.1) is 5.69 Å². The number of pyridine rings is 1. The minimum absolute atomic E-state index is 0.0520. The van der Waals surface area contributed by atoms with Gasteiger partial charge in [0.2, 0.25) is 0 Å². The molecule has 0 saturated carbocycles. The van der Waals surface area contributed by atoms with E-state index in [4.69, 9.17) is 11.5 Å². The van der Waals surface area contributed by atoms with Crippen LogP contribution in [-0.2, 0) is 11.3 Å². The number of nitrogens with two attached hydrogens (primary N) is 2. The lowest BCUT2D eigenvalue weighted by Gasteiger charge is -1.99. The molecule has 1 aromatic heterocycles. The summed E-state index contributed by atoms with van der Waals surface area (Å²) in [6.45, 7) is 0.0520. The van der Waals surface area contributed by atoms with Crippen LogP contribution in [0, 0.1) is 0 Å². The van der Waals surface area contributed by atoms with Crippen LogP contribution in [0.25, 0.3) is 0 Å². The quantitative estimate of drug-likeness (QED) is 0.509. The maximum Gasteiger partial charge on any atom is 0.437 e. The molecule has 0 aromatic carbocycles. The average molecular weight is 194 g/mol. The highest BCUT2D eigenvalue weighted by atomic mass is 16.5. The molecule has 0 saturated heterocycles. The number of carbonyl (C=O) groups excluding carboxylic acids is 1. The van der Waals surface area contributed by atoms with E-state index in [9.17, 15) is 4.79 Å². The van der Waals surface area contributed by atoms with Crippen LogP contribution < -0.4 is 11.5 Å². The van der Waals surface area contributed by atoms with Crippen molar-refractivity contribution in [2.75, 3.05) is 0 Å². The summed E-state index contributed by atoms with van der Waals surface area (Å²) in [5, 5.41) is 0. The van der Waals surface area contributed by atoms with Crippen LogP contribution in [0.3, 0.4) is 0 Å². The second-order valence-electron chi connectivity index (χ2n) is 2.41. The molecular formula is C8H10N4O2. The van der Waals surface area contributed by atoms with Crippen LogP contribution in [-0.4, -0.2) is 17.0 Å². The highest BCUT2D eigenvalue weighted by Crippen LogP contribution is 1.96. The van der Waals surface area contributed by atoms with E-state index in [0.717, 1.165) is 0 Å². The third-order valence-electron chi connectivity index (χ3n) is 1.29. The minimum atomic E-state index is -0.823. The van der Waals surface area contributed by atoms with Crippen molar-refractivity contribution in [2.45, 2.75) is 6.61 Å². The lowest BCUT2D eigenvalue weighted by molar-refractivity contribution is 0.149. The summed E-state index contributed by atoms with van der Waals surface area (Å²) < 4.78 is 4.69. The normalized spacial score (nSPS) is 9.14. The largest absolute Gasteiger partial charge is 0.441 e. The number of aliphatic imine (C=N–C) groups is 1. The lowest BCUT2D eigenvalue weighted by Crippen LogP contribution is -2.24. The standard InChI is InChI=1S/C8H10N4O2/c9-7(10)12-8(13)14-5-6-3-1-2-4-11-6/h1-4H,5H2,(H4,9,10,12,13). The van der Waals surface area contributed by atoms with Crippen molar-refractivity contribution in [1.82, 2.24) is 4.98 Å². The van der Waals surface area contributed by atoms with E-state index < -0.39 is 6.09 Å². The summed E-state index contributed by atoms with van der Waals surface area (Å²) in [5.41, 5.74) is 10.6. The number of nitrogens with zero attached hydrogens (tertiary/aromatic N) is 2. The topological polar surface area (TPSA) is 104 Å². The van der Waals surface area contributed by atoms with Gasteiger partial charge in [-0.25, -0.2) is 4.79 Å². The number of ether oxygens (including phenoxy) is 1. The van der Waals surface area contributed by atoms with Gasteiger partial charge < -0.3 is 16.2 Å². The Morgan fingerprint density at radius 2 is 2.29 bits per heavy atom. The van der Waals surface area contributed by atoms with Gasteiger partial charge in [-0.2, -0.15) is 0 Å². The number of carbonyl (C=O) groups is 1. The number of hydrogen-bond donors (Lipinski definition) is 2. The van der Waals surface area contributed by atoms with Crippen molar-refractivity contribution in [3.05, 3.63) is 30.1 Å². The van der Waals surface area contributed by atoms with Crippen LogP contribution in [0.2, 0.25) is 0 Å². The zero-order valence-electron chi connectivity index (χ0n) is 7.38. The summed E-state index contributed by atoms with van der Waals surface area (Å²) in [5.74, 6) is -0.323. The Bertz CT molecular complexity index is 332. The predicted octanol–water partition coefficient (Wildman–Crippen LogP) is -0.00840. The van der Waals surface area contributed by atoms with E-state index in [1.54, 1.807) is 24.4 Å². The number of rotatable bonds is 2. The van der Waals surface area contributed by atoms with Crippen LogP contribution in [0.5, 0.6) is 0 Å². The molecule has 0 aliphatic heterocycles. The number of guanidine groups is 1. The van der Waals surface area contributed by atoms with Gasteiger partial charge in [0.15, 0.2) is 5.96 Å². The highest BCUT2D eigenvalue weighted by Gasteiger charge is 2.00. The van der Waals surface area contributed by atoms with Gasteiger partial charge in [-0.05, 0) is 12.1 Å². The molecule has 1 rings (SSSR count). The van der Waals surface area contributed by atoms with Crippen molar-refractivity contribution in [2.24, 2.45) is 16.5 Å². The highest BCUT2D eigenvalue weighted by molar-refractivity contribution is 5.87. The average Bonchev–Trinajstić information content (AvgIpc) is 2.15. The molecule has 1 heterocycles. The molecule has 0 spiro atoms. The first-order chi connectivity index (χ1) is 6.68. The van der Waals surface area contributed by atoms with Gasteiger partial charge in [-0.1, -0.05) is 6.07 Å². The number of amides is 1. The maximum absolute atomic E-state index is 10.8. The first kappa shape index (κ1) is 9.97. The second-order valence-corrected chi connectivity index (χ2v) is 2.41. The van der Waals surface area contributed by atoms with Gasteiger partial charge in [0.25, 0.3) is 0 Å². The first-order valence-corrected chi connectivity index (χ1v) is 3.85. The molecule has 14 heavy (non-hydrogen) atoms. The van der Waals surface area contributed by atoms with E-state index in [1.807, 2.05) is 0 Å². The van der Waals surface area contributed by atoms with Gasteiger partial charge in [-0.15, -0.1) is 4.99 Å². The molecule has 0 aliphatic rings. The van der Waals surface area contributed by atoms with E-state index in [1.165, 1.54) is 0 Å². The van der Waals surface area contributed by atoms with Gasteiger partial charge in [-0.3, -0.25) is 4.98 Å². The lowest BCUT2D eigenvalue weighted by atomic mass is 10.4. The van der Waals surface area contributed by atoms with Crippen LogP contribution >= 0.6 is 0 Å². The van der Waals surface area contributed by atoms with Crippen LogP contribution in [0.4, 0.5) is 4.79 Å². The van der Waals surface area contributed by atoms with E-state index in [0.29, 0.717) is 5.69 Å². The Balaban J connectivity index is 2.42. The molecule has 0 aliphatic carbocycles. The monoisotopic (exact) mass is 194 g/mol. The van der Waals surface area contributed by atoms with E-state index >= 15 is 0 Å². The molecular weight excluding hydrogens is 184 g/mol. The van der Waals surface area contributed by atoms with Crippen molar-refractivity contribution in [1.29, 1.82) is 0 Å². The molecule has 0 bridgehead atoms. The third-order valence-corrected chi connectivity index (χ3v) is 1.29. The number of aromatic nitrogens is 1. The van der Waals surface area contributed by atoms with Crippen LogP contribution in [0.15, 0.2) is 29.4 Å². The van der Waals surface area contributed by atoms with E-state index in [-0.39, 0.29) is 12.6 Å². The first-order valence-electron chi connectivity index (χ1n) is 3.85. The summed E-state index contributed by atoms with van der Waals surface area (Å²) in [6.07, 6.45) is 0.777. The molecule has 0 radical (unpaired) electrons. The van der Waals surface area contributed by atoms with Gasteiger partial charge in [0, 0.05) is 6.20 Å². The summed E-state index contributed by atoms with van der Waals surface area (Å²) >= 11 is 0. The molecule has 6 heteroatoms. The smallest absolute Gasteiger partial charge is 0.437 e. The van der Waals surface area contributed by atoms with Crippen molar-refractivity contribution >= 4 is 12.1 Å². The summed E-state index contributed by atoms with van der Waals surface area (Å²) in [4.78, 5) is 17.9. The van der Waals surface area contributed by atoms with Crippen LogP contribution in [0.1, 0.15) is 5.69 Å². The molecule has 1 amide bonds.